The van der Waals surface area contributed by atoms with Crippen LogP contribution in [0.2, 0.25) is 0 Å². The molecule has 4 rings (SSSR count). The molecule has 2 aromatic rings. The lowest BCUT2D eigenvalue weighted by Gasteiger charge is -2.35. The van der Waals surface area contributed by atoms with E-state index in [0.717, 1.165) is 24.1 Å². The number of nitrogens with one attached hydrogen (secondary N) is 1. The van der Waals surface area contributed by atoms with Crippen LogP contribution in [0.15, 0.2) is 24.3 Å². The molecule has 0 amide bonds. The van der Waals surface area contributed by atoms with E-state index in [1.165, 1.54) is 37.9 Å². The van der Waals surface area contributed by atoms with E-state index in [1.54, 1.807) is 4.68 Å². The Bertz CT molecular complexity index is 634. The number of benzene rings is 1. The van der Waals surface area contributed by atoms with Gasteiger partial charge in [-0.2, -0.15) is 4.68 Å². The van der Waals surface area contributed by atoms with Crippen molar-refractivity contribution in [3.05, 3.63) is 29.8 Å². The molecular formula is C16H22N6. The van der Waals surface area contributed by atoms with Crippen LogP contribution in [0.5, 0.6) is 0 Å². The minimum atomic E-state index is 0.467. The van der Waals surface area contributed by atoms with Crippen LogP contribution in [0, 0.1) is 6.92 Å². The van der Waals surface area contributed by atoms with Gasteiger partial charge in [-0.3, -0.25) is 0 Å². The molecule has 2 aliphatic rings. The Labute approximate surface area is 130 Å². The zero-order valence-corrected chi connectivity index (χ0v) is 12.9. The van der Waals surface area contributed by atoms with Crippen molar-refractivity contribution in [2.45, 2.75) is 44.7 Å². The zero-order chi connectivity index (χ0) is 14.9. The van der Waals surface area contributed by atoms with E-state index in [-0.39, 0.29) is 0 Å². The van der Waals surface area contributed by atoms with Crippen molar-refractivity contribution in [1.29, 1.82) is 0 Å². The second-order valence-electron chi connectivity index (χ2n) is 6.45. The Morgan fingerprint density at radius 1 is 1.14 bits per heavy atom. The van der Waals surface area contributed by atoms with E-state index in [0.29, 0.717) is 6.04 Å². The Kier molecular flexibility index (Phi) is 3.54. The molecule has 22 heavy (non-hydrogen) atoms. The number of tetrazole rings is 1. The average Bonchev–Trinajstić information content (AvgIpc) is 3.17. The topological polar surface area (TPSA) is 58.9 Å². The molecule has 2 unspecified atom stereocenters. The largest absolute Gasteiger partial charge is 0.350 e. The summed E-state index contributed by atoms with van der Waals surface area (Å²) in [5.74, 6) is 0.750. The molecule has 0 aliphatic carbocycles. The van der Waals surface area contributed by atoms with E-state index in [4.69, 9.17) is 0 Å². The van der Waals surface area contributed by atoms with E-state index < -0.39 is 0 Å². The molecule has 2 saturated heterocycles. The third-order valence-electron chi connectivity index (χ3n) is 4.90. The van der Waals surface area contributed by atoms with E-state index in [9.17, 15) is 0 Å². The number of aromatic nitrogens is 4. The summed E-state index contributed by atoms with van der Waals surface area (Å²) in [5.41, 5.74) is 2.23. The first kappa shape index (κ1) is 13.7. The van der Waals surface area contributed by atoms with Gasteiger partial charge in [0.05, 0.1) is 5.69 Å². The molecule has 3 heterocycles. The summed E-state index contributed by atoms with van der Waals surface area (Å²) < 4.78 is 1.79. The first-order chi connectivity index (χ1) is 10.8. The van der Waals surface area contributed by atoms with Crippen molar-refractivity contribution in [2.24, 2.45) is 0 Å². The van der Waals surface area contributed by atoms with Gasteiger partial charge in [0.15, 0.2) is 0 Å². The van der Waals surface area contributed by atoms with Gasteiger partial charge in [-0.1, -0.05) is 22.8 Å². The van der Waals surface area contributed by atoms with Crippen molar-refractivity contribution in [1.82, 2.24) is 25.1 Å². The van der Waals surface area contributed by atoms with Crippen LogP contribution in [0.4, 0.5) is 5.95 Å². The summed E-state index contributed by atoms with van der Waals surface area (Å²) >= 11 is 0. The van der Waals surface area contributed by atoms with Gasteiger partial charge in [-0.05, 0) is 61.7 Å². The molecule has 116 valence electrons. The van der Waals surface area contributed by atoms with Gasteiger partial charge in [-0.25, -0.2) is 0 Å². The lowest BCUT2D eigenvalue weighted by Crippen LogP contribution is -2.43. The van der Waals surface area contributed by atoms with Gasteiger partial charge in [0.25, 0.3) is 0 Å². The number of piperidine rings is 1. The zero-order valence-electron chi connectivity index (χ0n) is 12.9. The number of anilines is 1. The van der Waals surface area contributed by atoms with Crippen LogP contribution in [-0.4, -0.2) is 50.3 Å². The molecule has 2 aliphatic heterocycles. The Hall–Kier alpha value is -1.95. The van der Waals surface area contributed by atoms with Crippen molar-refractivity contribution in [3.63, 3.8) is 0 Å². The number of rotatable bonds is 3. The molecular weight excluding hydrogens is 276 g/mol. The van der Waals surface area contributed by atoms with E-state index >= 15 is 0 Å². The van der Waals surface area contributed by atoms with Crippen molar-refractivity contribution < 1.29 is 0 Å². The fraction of sp³-hybridized carbons (Fsp3) is 0.562. The molecule has 2 fully saturated rings. The maximum absolute atomic E-state index is 4.17. The number of nitrogens with zero attached hydrogens (tertiary/aromatic N) is 5. The van der Waals surface area contributed by atoms with Crippen LogP contribution in [0.1, 0.15) is 31.2 Å². The first-order valence-corrected chi connectivity index (χ1v) is 8.15. The van der Waals surface area contributed by atoms with E-state index in [1.807, 2.05) is 0 Å². The van der Waals surface area contributed by atoms with Crippen molar-refractivity contribution in [2.75, 3.05) is 18.4 Å². The molecule has 6 heteroatoms. The quantitative estimate of drug-likeness (QED) is 0.939. The van der Waals surface area contributed by atoms with Gasteiger partial charge in [0.2, 0.25) is 5.95 Å². The van der Waals surface area contributed by atoms with Gasteiger partial charge in [0.1, 0.15) is 0 Å². The van der Waals surface area contributed by atoms with Crippen LogP contribution in [0.3, 0.4) is 0 Å². The SMILES string of the molecule is Cc1ccc(-n2nnnc2NC2CCN3CCCC3C2)cc1. The molecule has 2 atom stereocenters. The third-order valence-corrected chi connectivity index (χ3v) is 4.90. The molecule has 0 radical (unpaired) electrons. The molecule has 6 nitrogen and oxygen atoms in total. The van der Waals surface area contributed by atoms with E-state index in [2.05, 4.69) is 56.9 Å². The fourth-order valence-electron chi connectivity index (χ4n) is 3.68. The number of aryl methyl sites for hydroxylation is 1. The van der Waals surface area contributed by atoms with Gasteiger partial charge in [0, 0.05) is 18.6 Å². The highest BCUT2D eigenvalue weighted by molar-refractivity contribution is 5.40. The summed E-state index contributed by atoms with van der Waals surface area (Å²) in [6.07, 6.45) is 5.04. The smallest absolute Gasteiger partial charge is 0.247 e. The second kappa shape index (κ2) is 5.68. The molecule has 0 spiro atoms. The van der Waals surface area contributed by atoms with Crippen LogP contribution in [0.25, 0.3) is 5.69 Å². The minimum absolute atomic E-state index is 0.467. The molecule has 1 aromatic heterocycles. The molecule has 1 aromatic carbocycles. The number of hydrogen-bond donors (Lipinski definition) is 1. The van der Waals surface area contributed by atoms with Crippen LogP contribution in [-0.2, 0) is 0 Å². The monoisotopic (exact) mass is 298 g/mol. The lowest BCUT2D eigenvalue weighted by atomic mass is 9.98. The van der Waals surface area contributed by atoms with Crippen LogP contribution < -0.4 is 5.32 Å². The lowest BCUT2D eigenvalue weighted by molar-refractivity contribution is 0.187. The second-order valence-corrected chi connectivity index (χ2v) is 6.45. The first-order valence-electron chi connectivity index (χ1n) is 8.15. The predicted octanol–water partition coefficient (Wildman–Crippen LogP) is 2.01. The number of hydrogen-bond acceptors (Lipinski definition) is 5. The highest BCUT2D eigenvalue weighted by Crippen LogP contribution is 2.28. The van der Waals surface area contributed by atoms with Gasteiger partial charge < -0.3 is 10.2 Å². The molecule has 0 bridgehead atoms. The normalized spacial score (nSPS) is 25.1. The predicted molar refractivity (Wildman–Crippen MR) is 85.1 cm³/mol. The van der Waals surface area contributed by atoms with Crippen molar-refractivity contribution in [3.8, 4) is 5.69 Å². The summed E-state index contributed by atoms with van der Waals surface area (Å²) in [6, 6.07) is 9.48. The van der Waals surface area contributed by atoms with Crippen molar-refractivity contribution >= 4 is 5.95 Å². The fourth-order valence-corrected chi connectivity index (χ4v) is 3.68. The average molecular weight is 298 g/mol. The minimum Gasteiger partial charge on any atom is -0.350 e. The standard InChI is InChI=1S/C16H22N6/c1-12-4-6-14(7-5-12)22-16(18-19-20-22)17-13-8-10-21-9-2-3-15(21)11-13/h4-7,13,15H,2-3,8-11H2,1H3,(H,17,18,20). The highest BCUT2D eigenvalue weighted by atomic mass is 15.6. The van der Waals surface area contributed by atoms with Gasteiger partial charge in [-0.15, -0.1) is 0 Å². The summed E-state index contributed by atoms with van der Waals surface area (Å²) in [5, 5.41) is 15.7. The number of fused-ring (bicyclic) bond motifs is 1. The Balaban J connectivity index is 1.49. The summed E-state index contributed by atoms with van der Waals surface area (Å²) in [7, 11) is 0. The third kappa shape index (κ3) is 2.59. The maximum atomic E-state index is 4.17. The Morgan fingerprint density at radius 3 is 2.86 bits per heavy atom. The maximum Gasteiger partial charge on any atom is 0.247 e. The molecule has 1 N–H and O–H groups in total. The highest BCUT2D eigenvalue weighted by Gasteiger charge is 2.32. The van der Waals surface area contributed by atoms with Crippen LogP contribution >= 0.6 is 0 Å². The summed E-state index contributed by atoms with van der Waals surface area (Å²) in [4.78, 5) is 2.63. The summed E-state index contributed by atoms with van der Waals surface area (Å²) in [6.45, 7) is 4.55. The molecule has 0 saturated carbocycles. The van der Waals surface area contributed by atoms with Gasteiger partial charge >= 0.3 is 0 Å². The Morgan fingerprint density at radius 2 is 2.00 bits per heavy atom.